The van der Waals surface area contributed by atoms with Crippen molar-refractivity contribution < 1.29 is 28.1 Å². The first kappa shape index (κ1) is 33.5. The van der Waals surface area contributed by atoms with Gasteiger partial charge >= 0.3 is 12.1 Å². The quantitative estimate of drug-likeness (QED) is 0.179. The van der Waals surface area contributed by atoms with Crippen LogP contribution in [0.2, 0.25) is 0 Å². The third kappa shape index (κ3) is 5.60. The number of rotatable bonds is 8. The van der Waals surface area contributed by atoms with E-state index in [-0.39, 0.29) is 47.7 Å². The van der Waals surface area contributed by atoms with E-state index < -0.39 is 11.4 Å². The number of hydrogen-bond donors (Lipinski definition) is 0. The molecule has 1 aliphatic carbocycles. The Balaban J connectivity index is 1.12. The maximum atomic E-state index is 17.2. The van der Waals surface area contributed by atoms with Gasteiger partial charge in [0.05, 0.1) is 23.0 Å². The van der Waals surface area contributed by atoms with Gasteiger partial charge in [-0.05, 0) is 101 Å². The highest BCUT2D eigenvalue weighted by Crippen LogP contribution is 2.54. The lowest BCUT2D eigenvalue weighted by Crippen LogP contribution is -2.57. The van der Waals surface area contributed by atoms with Crippen molar-refractivity contribution in [3.63, 3.8) is 0 Å². The van der Waals surface area contributed by atoms with E-state index in [0.717, 1.165) is 43.0 Å². The van der Waals surface area contributed by atoms with Crippen LogP contribution < -0.4 is 14.4 Å². The van der Waals surface area contributed by atoms with Crippen molar-refractivity contribution in [3.8, 4) is 23.0 Å². The fourth-order valence-corrected chi connectivity index (χ4v) is 9.99. The second-order valence-electron chi connectivity index (χ2n) is 16.3. The third-order valence-corrected chi connectivity index (χ3v) is 12.1. The van der Waals surface area contributed by atoms with E-state index in [0.29, 0.717) is 54.2 Å². The molecule has 4 bridgehead atoms. The van der Waals surface area contributed by atoms with Crippen LogP contribution in [0.3, 0.4) is 0 Å². The van der Waals surface area contributed by atoms with Crippen molar-refractivity contribution >= 4 is 33.6 Å². The number of methoxy groups -OCH3 is 1. The summed E-state index contributed by atoms with van der Waals surface area (Å²) in [5.41, 5.74) is 0.331. The molecule has 1 amide bonds. The Hall–Kier alpha value is -4.29. The number of hydrogen-bond acceptors (Lipinski definition) is 10. The van der Waals surface area contributed by atoms with Crippen molar-refractivity contribution in [3.05, 3.63) is 48.4 Å². The molecule has 0 N–H and O–H groups in total. The van der Waals surface area contributed by atoms with Crippen molar-refractivity contribution in [1.82, 2.24) is 24.8 Å². The van der Waals surface area contributed by atoms with Gasteiger partial charge < -0.3 is 23.8 Å². The van der Waals surface area contributed by atoms with Crippen LogP contribution >= 0.6 is 0 Å². The van der Waals surface area contributed by atoms with E-state index in [2.05, 4.69) is 9.80 Å². The predicted octanol–water partition coefficient (Wildman–Crippen LogP) is 6.95. The number of benzene rings is 2. The molecule has 6 heterocycles. The minimum atomic E-state index is -0.586. The van der Waals surface area contributed by atoms with Crippen LogP contribution in [0.15, 0.2) is 42.6 Å². The molecular formula is C40H47FN6O5. The minimum absolute atomic E-state index is 0.0109. The van der Waals surface area contributed by atoms with Crippen LogP contribution in [0.4, 0.5) is 15.0 Å². The molecule has 11 nitrogen and oxygen atoms in total. The number of amides is 1. The number of piperazine rings is 1. The van der Waals surface area contributed by atoms with Gasteiger partial charge in [0.2, 0.25) is 0 Å². The summed E-state index contributed by atoms with van der Waals surface area (Å²) in [7, 11) is 1.56. The summed E-state index contributed by atoms with van der Waals surface area (Å²) in [5, 5.41) is 2.25. The van der Waals surface area contributed by atoms with Gasteiger partial charge in [-0.25, -0.2) is 9.18 Å². The number of halogens is 1. The Morgan fingerprint density at radius 3 is 2.58 bits per heavy atom. The average molecular weight is 711 g/mol. The number of ether oxygens (including phenoxy) is 4. The Morgan fingerprint density at radius 1 is 1.00 bits per heavy atom. The lowest BCUT2D eigenvalue weighted by atomic mass is 9.82. The number of fused-ring (bicyclic) bond motifs is 9. The Bertz CT molecular complexity index is 2030. The molecular weight excluding hydrogens is 663 g/mol. The number of piperidine rings is 1. The van der Waals surface area contributed by atoms with E-state index in [4.69, 9.17) is 33.9 Å². The van der Waals surface area contributed by atoms with Crippen LogP contribution in [-0.4, -0.2) is 100 Å². The molecule has 12 heteroatoms. The summed E-state index contributed by atoms with van der Waals surface area (Å²) in [5.74, 6) is 1.18. The highest BCUT2D eigenvalue weighted by molar-refractivity contribution is 6.00. The Kier molecular flexibility index (Phi) is 8.18. The predicted molar refractivity (Wildman–Crippen MR) is 195 cm³/mol. The van der Waals surface area contributed by atoms with E-state index >= 15 is 4.39 Å². The van der Waals surface area contributed by atoms with Gasteiger partial charge in [-0.1, -0.05) is 24.3 Å². The van der Waals surface area contributed by atoms with Gasteiger partial charge in [0.1, 0.15) is 35.0 Å². The zero-order chi connectivity index (χ0) is 35.8. The summed E-state index contributed by atoms with van der Waals surface area (Å²) >= 11 is 0. The SMILES string of the molecule is COCOc1cc(-c2ncc3c(N4C[C@H]5CC[C@@H](C4)N5C(=O)OC(C)(C)C)nc(OCC45CCCN4C4CCC5C4)nc3c2F)c2ccccc2c1. The fraction of sp³-hybridized carbons (Fsp3) is 0.550. The first-order chi connectivity index (χ1) is 25.1. The Morgan fingerprint density at radius 2 is 1.79 bits per heavy atom. The molecule has 5 fully saturated rings. The summed E-state index contributed by atoms with van der Waals surface area (Å²) in [4.78, 5) is 34.6. The van der Waals surface area contributed by atoms with Crippen molar-refractivity contribution in [2.24, 2.45) is 5.92 Å². The fourth-order valence-electron chi connectivity index (χ4n) is 9.99. The van der Waals surface area contributed by atoms with Gasteiger partial charge in [-0.3, -0.25) is 14.8 Å². The summed E-state index contributed by atoms with van der Waals surface area (Å²) in [6.07, 6.45) is 9.08. The average Bonchev–Trinajstić information content (AvgIpc) is 3.90. The number of nitrogens with zero attached hydrogens (tertiary/aromatic N) is 6. The molecule has 3 unspecified atom stereocenters. The zero-order valence-electron chi connectivity index (χ0n) is 30.4. The normalized spacial score (nSPS) is 26.8. The molecule has 4 saturated heterocycles. The van der Waals surface area contributed by atoms with Crippen molar-refractivity contribution in [1.29, 1.82) is 0 Å². The Labute approximate surface area is 303 Å². The molecule has 2 aromatic carbocycles. The lowest BCUT2D eigenvalue weighted by molar-refractivity contribution is 0.0122. The van der Waals surface area contributed by atoms with Crippen molar-refractivity contribution in [2.45, 2.75) is 95.0 Å². The van der Waals surface area contributed by atoms with E-state index in [1.165, 1.54) is 19.3 Å². The number of aromatic nitrogens is 3. The smallest absolute Gasteiger partial charge is 0.410 e. The third-order valence-electron chi connectivity index (χ3n) is 12.1. The summed E-state index contributed by atoms with van der Waals surface area (Å²) < 4.78 is 40.6. The molecule has 274 valence electrons. The van der Waals surface area contributed by atoms with Crippen LogP contribution in [0.1, 0.15) is 65.7 Å². The number of carbonyl (C=O) groups is 1. The van der Waals surface area contributed by atoms with Crippen LogP contribution in [0, 0.1) is 11.7 Å². The minimum Gasteiger partial charge on any atom is -0.468 e. The van der Waals surface area contributed by atoms with Gasteiger partial charge in [-0.2, -0.15) is 9.97 Å². The highest BCUT2D eigenvalue weighted by atomic mass is 19.1. The topological polar surface area (TPSA) is 102 Å². The first-order valence-corrected chi connectivity index (χ1v) is 18.8. The molecule has 5 atom stereocenters. The van der Waals surface area contributed by atoms with Gasteiger partial charge in [0, 0.05) is 38.0 Å². The standard InChI is InChI=1S/C40H47FN6O5/c1-39(2,3)52-38(48)47-27-12-13-28(47)21-45(20-27)36-32-19-42-34(31-18-29(51-23-49-4)16-24-8-5-6-9-30(24)31)33(41)35(32)43-37(44-36)50-22-40-14-7-15-46(40)26-11-10-25(40)17-26/h5-6,8-9,16,18-19,25-28H,7,10-15,17,20-23H2,1-4H3/t25?,26?,27-,28+,40?. The largest absolute Gasteiger partial charge is 0.468 e. The van der Waals surface area contributed by atoms with Gasteiger partial charge in [0.25, 0.3) is 0 Å². The molecule has 4 aromatic rings. The maximum absolute atomic E-state index is 17.2. The molecule has 2 aromatic heterocycles. The van der Waals surface area contributed by atoms with Gasteiger partial charge in [0.15, 0.2) is 12.6 Å². The monoisotopic (exact) mass is 710 g/mol. The number of anilines is 1. The van der Waals surface area contributed by atoms with Crippen LogP contribution in [0.5, 0.6) is 11.8 Å². The molecule has 9 rings (SSSR count). The van der Waals surface area contributed by atoms with E-state index in [1.54, 1.807) is 19.4 Å². The van der Waals surface area contributed by atoms with Crippen molar-refractivity contribution in [2.75, 3.05) is 45.0 Å². The van der Waals surface area contributed by atoms with Crippen LogP contribution in [0.25, 0.3) is 32.9 Å². The highest BCUT2D eigenvalue weighted by Gasteiger charge is 2.59. The van der Waals surface area contributed by atoms with E-state index in [1.807, 2.05) is 56.0 Å². The lowest BCUT2D eigenvalue weighted by Gasteiger charge is -2.42. The molecule has 0 spiro atoms. The van der Waals surface area contributed by atoms with Gasteiger partial charge in [-0.15, -0.1) is 0 Å². The maximum Gasteiger partial charge on any atom is 0.410 e. The second kappa shape index (κ2) is 12.7. The number of carbonyl (C=O) groups excluding carboxylic acids is 1. The molecule has 52 heavy (non-hydrogen) atoms. The second-order valence-corrected chi connectivity index (χ2v) is 16.3. The van der Waals surface area contributed by atoms with E-state index in [9.17, 15) is 4.79 Å². The zero-order valence-corrected chi connectivity index (χ0v) is 30.4. The molecule has 4 aliphatic heterocycles. The number of pyridine rings is 1. The summed E-state index contributed by atoms with van der Waals surface area (Å²) in [6.45, 7) is 8.39. The molecule has 5 aliphatic rings. The first-order valence-electron chi connectivity index (χ1n) is 18.8. The molecule has 0 radical (unpaired) electrons. The molecule has 1 saturated carbocycles. The summed E-state index contributed by atoms with van der Waals surface area (Å²) in [6, 6.07) is 12.2. The van der Waals surface area contributed by atoms with Crippen LogP contribution in [-0.2, 0) is 9.47 Å².